The molecule has 0 aliphatic heterocycles. The van der Waals surface area contributed by atoms with Crippen LogP contribution in [0.25, 0.3) is 6.08 Å². The van der Waals surface area contributed by atoms with Crippen LogP contribution in [0.5, 0.6) is 5.75 Å². The van der Waals surface area contributed by atoms with Crippen LogP contribution in [0.15, 0.2) is 46.1 Å². The predicted molar refractivity (Wildman–Crippen MR) is 88.8 cm³/mol. The first-order valence-electron chi connectivity index (χ1n) is 7.44. The molecule has 1 aromatic heterocycles. The van der Waals surface area contributed by atoms with E-state index in [0.717, 1.165) is 10.6 Å². The van der Waals surface area contributed by atoms with Crippen molar-refractivity contribution >= 4 is 12.0 Å². The molecule has 2 rings (SSSR count). The minimum atomic E-state index is -2.99. The minimum Gasteiger partial charge on any atom is -0.458 e. The molecule has 2 aromatic rings. The fourth-order valence-corrected chi connectivity index (χ4v) is 2.14. The molecule has 1 aromatic carbocycles. The Labute approximate surface area is 146 Å². The van der Waals surface area contributed by atoms with E-state index in [1.54, 1.807) is 6.07 Å². The molecule has 7 nitrogen and oxygen atoms in total. The van der Waals surface area contributed by atoms with Crippen molar-refractivity contribution in [3.8, 4) is 5.75 Å². The monoisotopic (exact) mass is 366 g/mol. The lowest BCUT2D eigenvalue weighted by Gasteiger charge is -2.10. The number of nitrogens with zero attached hydrogens (tertiary/aromatic N) is 2. The number of para-hydroxylation sites is 1. The number of rotatable bonds is 6. The van der Waals surface area contributed by atoms with Crippen molar-refractivity contribution in [2.75, 3.05) is 0 Å². The first-order chi connectivity index (χ1) is 12.3. The lowest BCUT2D eigenvalue weighted by atomic mass is 10.2. The molecule has 26 heavy (non-hydrogen) atoms. The number of benzene rings is 1. The quantitative estimate of drug-likeness (QED) is 0.571. The van der Waals surface area contributed by atoms with Gasteiger partial charge in [0.05, 0.1) is 5.56 Å². The summed E-state index contributed by atoms with van der Waals surface area (Å²) in [6, 6.07) is 5.92. The SMILES string of the molecule is Cn1cc(/C=C/C(=O)OCc2ccccc2OC(F)F)c(=O)n(C)c1=O. The number of alkyl halides is 2. The summed E-state index contributed by atoms with van der Waals surface area (Å²) >= 11 is 0. The van der Waals surface area contributed by atoms with E-state index < -0.39 is 23.8 Å². The van der Waals surface area contributed by atoms with Gasteiger partial charge in [-0.05, 0) is 12.1 Å². The van der Waals surface area contributed by atoms with E-state index in [0.29, 0.717) is 0 Å². The van der Waals surface area contributed by atoms with Crippen LogP contribution < -0.4 is 16.0 Å². The molecule has 0 aliphatic rings. The topological polar surface area (TPSA) is 79.5 Å². The van der Waals surface area contributed by atoms with Crippen LogP contribution in [0.2, 0.25) is 0 Å². The Bertz CT molecular complexity index is 947. The van der Waals surface area contributed by atoms with E-state index in [-0.39, 0.29) is 23.5 Å². The summed E-state index contributed by atoms with van der Waals surface area (Å²) in [6.45, 7) is -3.27. The lowest BCUT2D eigenvalue weighted by molar-refractivity contribution is -0.139. The van der Waals surface area contributed by atoms with Gasteiger partial charge in [-0.1, -0.05) is 18.2 Å². The molecule has 0 bridgehead atoms. The normalized spacial score (nSPS) is 11.1. The number of esters is 1. The molecule has 0 unspecified atom stereocenters. The van der Waals surface area contributed by atoms with Crippen LogP contribution in [0, 0.1) is 0 Å². The van der Waals surface area contributed by atoms with Crippen molar-refractivity contribution in [1.82, 2.24) is 9.13 Å². The van der Waals surface area contributed by atoms with Crippen molar-refractivity contribution in [1.29, 1.82) is 0 Å². The molecule has 0 radical (unpaired) electrons. The molecular formula is C17H16F2N2O5. The Morgan fingerprint density at radius 1 is 1.23 bits per heavy atom. The molecule has 138 valence electrons. The molecule has 0 aliphatic carbocycles. The summed E-state index contributed by atoms with van der Waals surface area (Å²) in [5.74, 6) is -0.876. The number of aryl methyl sites for hydroxylation is 1. The van der Waals surface area contributed by atoms with E-state index in [1.807, 2.05) is 0 Å². The number of hydrogen-bond donors (Lipinski definition) is 0. The van der Waals surface area contributed by atoms with E-state index in [1.165, 1.54) is 49.1 Å². The van der Waals surface area contributed by atoms with Gasteiger partial charge in [0.25, 0.3) is 5.56 Å². The second-order valence-electron chi connectivity index (χ2n) is 5.27. The molecule has 0 N–H and O–H groups in total. The summed E-state index contributed by atoms with van der Waals surface area (Å²) < 4.78 is 36.1. The van der Waals surface area contributed by atoms with Gasteiger partial charge in [0.15, 0.2) is 0 Å². The van der Waals surface area contributed by atoms with Crippen LogP contribution in [0.1, 0.15) is 11.1 Å². The van der Waals surface area contributed by atoms with Gasteiger partial charge in [-0.3, -0.25) is 9.36 Å². The standard InChI is InChI=1S/C17H16F2N2O5/c1-20-9-11(15(23)21(2)17(20)24)7-8-14(22)25-10-12-5-3-4-6-13(12)26-16(18)19/h3-9,16H,10H2,1-2H3/b8-7+. The molecule has 9 heteroatoms. The van der Waals surface area contributed by atoms with Gasteiger partial charge in [-0.2, -0.15) is 8.78 Å². The van der Waals surface area contributed by atoms with Crippen LogP contribution in [-0.2, 0) is 30.2 Å². The number of ether oxygens (including phenoxy) is 2. The van der Waals surface area contributed by atoms with Gasteiger partial charge in [-0.15, -0.1) is 0 Å². The van der Waals surface area contributed by atoms with Gasteiger partial charge in [0.1, 0.15) is 12.4 Å². The average molecular weight is 366 g/mol. The van der Waals surface area contributed by atoms with Crippen molar-refractivity contribution < 1.29 is 23.0 Å². The fraction of sp³-hybridized carbons (Fsp3) is 0.235. The number of aromatic nitrogens is 2. The highest BCUT2D eigenvalue weighted by atomic mass is 19.3. The maximum absolute atomic E-state index is 12.3. The van der Waals surface area contributed by atoms with E-state index in [9.17, 15) is 23.2 Å². The molecule has 0 saturated heterocycles. The first-order valence-corrected chi connectivity index (χ1v) is 7.44. The highest BCUT2D eigenvalue weighted by Gasteiger charge is 2.10. The number of carbonyl (C=O) groups excluding carboxylic acids is 1. The highest BCUT2D eigenvalue weighted by Crippen LogP contribution is 2.21. The lowest BCUT2D eigenvalue weighted by Crippen LogP contribution is -2.37. The third kappa shape index (κ3) is 4.65. The van der Waals surface area contributed by atoms with Crippen LogP contribution in [-0.4, -0.2) is 21.7 Å². The van der Waals surface area contributed by atoms with Crippen molar-refractivity contribution in [2.45, 2.75) is 13.2 Å². The summed E-state index contributed by atoms with van der Waals surface area (Å²) in [6.07, 6.45) is 3.52. The Morgan fingerprint density at radius 3 is 2.62 bits per heavy atom. The van der Waals surface area contributed by atoms with Crippen molar-refractivity contribution in [3.05, 3.63) is 68.5 Å². The van der Waals surface area contributed by atoms with Crippen LogP contribution in [0.4, 0.5) is 8.78 Å². The zero-order valence-corrected chi connectivity index (χ0v) is 14.0. The Morgan fingerprint density at radius 2 is 1.92 bits per heavy atom. The summed E-state index contributed by atoms with van der Waals surface area (Å²) in [5, 5.41) is 0. The van der Waals surface area contributed by atoms with Gasteiger partial charge in [0.2, 0.25) is 0 Å². The summed E-state index contributed by atoms with van der Waals surface area (Å²) in [4.78, 5) is 35.3. The van der Waals surface area contributed by atoms with E-state index in [2.05, 4.69) is 4.74 Å². The van der Waals surface area contributed by atoms with E-state index in [4.69, 9.17) is 4.74 Å². The van der Waals surface area contributed by atoms with Gasteiger partial charge in [0, 0.05) is 31.9 Å². The Kier molecular flexibility index (Phi) is 6.05. The zero-order valence-electron chi connectivity index (χ0n) is 14.0. The first kappa shape index (κ1) is 19.1. The van der Waals surface area contributed by atoms with Gasteiger partial charge in [-0.25, -0.2) is 9.59 Å². The van der Waals surface area contributed by atoms with E-state index >= 15 is 0 Å². The average Bonchev–Trinajstić information content (AvgIpc) is 2.60. The summed E-state index contributed by atoms with van der Waals surface area (Å²) in [5.41, 5.74) is -0.668. The third-order valence-electron chi connectivity index (χ3n) is 3.43. The van der Waals surface area contributed by atoms with Gasteiger partial charge >= 0.3 is 18.3 Å². The fourth-order valence-electron chi connectivity index (χ4n) is 2.14. The highest BCUT2D eigenvalue weighted by molar-refractivity contribution is 5.86. The zero-order chi connectivity index (χ0) is 19.3. The number of carbonyl (C=O) groups is 1. The molecule has 0 fully saturated rings. The molecule has 0 saturated carbocycles. The van der Waals surface area contributed by atoms with Crippen molar-refractivity contribution in [3.63, 3.8) is 0 Å². The maximum atomic E-state index is 12.3. The van der Waals surface area contributed by atoms with Crippen LogP contribution >= 0.6 is 0 Å². The molecule has 0 amide bonds. The largest absolute Gasteiger partial charge is 0.458 e. The predicted octanol–water partition coefficient (Wildman–Crippen LogP) is 1.44. The Hall–Kier alpha value is -3.23. The van der Waals surface area contributed by atoms with Crippen molar-refractivity contribution in [2.24, 2.45) is 14.1 Å². The maximum Gasteiger partial charge on any atom is 0.387 e. The minimum absolute atomic E-state index is 0.0915. The van der Waals surface area contributed by atoms with Gasteiger partial charge < -0.3 is 14.0 Å². The second kappa shape index (κ2) is 8.24. The number of hydrogen-bond acceptors (Lipinski definition) is 5. The summed E-state index contributed by atoms with van der Waals surface area (Å²) in [7, 11) is 2.79. The third-order valence-corrected chi connectivity index (χ3v) is 3.43. The molecule has 0 atom stereocenters. The Balaban J connectivity index is 2.08. The smallest absolute Gasteiger partial charge is 0.387 e. The molecule has 1 heterocycles. The number of halogens is 2. The second-order valence-corrected chi connectivity index (χ2v) is 5.27. The molecule has 0 spiro atoms. The molecular weight excluding hydrogens is 350 g/mol. The van der Waals surface area contributed by atoms with Crippen LogP contribution in [0.3, 0.4) is 0 Å².